The molecule has 5 nitrogen and oxygen atoms in total. The molecule has 0 bridgehead atoms. The van der Waals surface area contributed by atoms with Crippen molar-refractivity contribution in [1.82, 2.24) is 24.7 Å². The molecule has 0 aliphatic carbocycles. The van der Waals surface area contributed by atoms with E-state index >= 15 is 0 Å². The van der Waals surface area contributed by atoms with Crippen molar-refractivity contribution in [3.8, 4) is 0 Å². The minimum atomic E-state index is 0.158. The number of nitrogens with one attached hydrogen (secondary N) is 1. The first-order chi connectivity index (χ1) is 8.76. The Bertz CT molecular complexity index is 490. The largest absolute Gasteiger partial charge is 0.306 e. The second kappa shape index (κ2) is 6.06. The number of aromatic nitrogens is 4. The molecular formula is C12H19N5S. The fraction of sp³-hybridized carbons (Fsp3) is 0.583. The van der Waals surface area contributed by atoms with Gasteiger partial charge in [0.15, 0.2) is 0 Å². The van der Waals surface area contributed by atoms with Crippen LogP contribution in [-0.4, -0.2) is 25.9 Å². The zero-order chi connectivity index (χ0) is 13.0. The van der Waals surface area contributed by atoms with Gasteiger partial charge in [0, 0.05) is 18.8 Å². The average molecular weight is 265 g/mol. The predicted octanol–water partition coefficient (Wildman–Crippen LogP) is 1.92. The maximum absolute atomic E-state index is 4.25. The molecule has 6 heteroatoms. The molecule has 1 N–H and O–H groups in total. The van der Waals surface area contributed by atoms with Crippen molar-refractivity contribution in [1.29, 1.82) is 0 Å². The minimum absolute atomic E-state index is 0.158. The Morgan fingerprint density at radius 2 is 2.28 bits per heavy atom. The average Bonchev–Trinajstić information content (AvgIpc) is 2.96. The van der Waals surface area contributed by atoms with Gasteiger partial charge in [-0.05, 0) is 24.5 Å². The Kier molecular flexibility index (Phi) is 4.43. The number of nitrogens with zero attached hydrogens (tertiary/aromatic N) is 4. The highest BCUT2D eigenvalue weighted by molar-refractivity contribution is 7.05. The summed E-state index contributed by atoms with van der Waals surface area (Å²) in [5.41, 5.74) is 2.28. The molecule has 0 aromatic carbocycles. The normalized spacial score (nSPS) is 12.8. The van der Waals surface area contributed by atoms with E-state index in [4.69, 9.17) is 0 Å². The third-order valence-electron chi connectivity index (χ3n) is 2.80. The van der Waals surface area contributed by atoms with Crippen molar-refractivity contribution >= 4 is 11.5 Å². The standard InChI is InChI=1S/C12H19N5S/c1-4-6-10-12(18-16-15-10)11(13-5-2)9-7-14-17(3)8-9/h7-8,11,13H,4-6H2,1-3H3. The van der Waals surface area contributed by atoms with Gasteiger partial charge >= 0.3 is 0 Å². The summed E-state index contributed by atoms with van der Waals surface area (Å²) in [5, 5.41) is 12.0. The van der Waals surface area contributed by atoms with Gasteiger partial charge in [0.05, 0.1) is 22.8 Å². The first-order valence-corrected chi connectivity index (χ1v) is 7.06. The van der Waals surface area contributed by atoms with Crippen LogP contribution in [0.1, 0.15) is 42.4 Å². The van der Waals surface area contributed by atoms with Crippen LogP contribution in [0.2, 0.25) is 0 Å². The van der Waals surface area contributed by atoms with Crippen LogP contribution in [0, 0.1) is 0 Å². The lowest BCUT2D eigenvalue weighted by Gasteiger charge is -2.15. The lowest BCUT2D eigenvalue weighted by Crippen LogP contribution is -2.21. The van der Waals surface area contributed by atoms with Crippen molar-refractivity contribution in [2.45, 2.75) is 32.7 Å². The number of aryl methyl sites for hydroxylation is 2. The Morgan fingerprint density at radius 1 is 1.44 bits per heavy atom. The second-order valence-electron chi connectivity index (χ2n) is 4.27. The van der Waals surface area contributed by atoms with Gasteiger partial charge in [-0.2, -0.15) is 5.10 Å². The molecule has 0 radical (unpaired) electrons. The van der Waals surface area contributed by atoms with E-state index in [0.717, 1.165) is 25.1 Å². The van der Waals surface area contributed by atoms with Crippen LogP contribution in [0.4, 0.5) is 0 Å². The fourth-order valence-corrected chi connectivity index (χ4v) is 2.80. The molecule has 0 saturated heterocycles. The lowest BCUT2D eigenvalue weighted by molar-refractivity contribution is 0.629. The van der Waals surface area contributed by atoms with Crippen molar-refractivity contribution in [3.63, 3.8) is 0 Å². The molecular weight excluding hydrogens is 246 g/mol. The van der Waals surface area contributed by atoms with Crippen LogP contribution in [0.15, 0.2) is 12.4 Å². The van der Waals surface area contributed by atoms with Crippen LogP contribution < -0.4 is 5.32 Å². The van der Waals surface area contributed by atoms with Crippen LogP contribution in [0.3, 0.4) is 0 Å². The summed E-state index contributed by atoms with van der Waals surface area (Å²) < 4.78 is 5.93. The van der Waals surface area contributed by atoms with E-state index < -0.39 is 0 Å². The van der Waals surface area contributed by atoms with E-state index in [0.29, 0.717) is 0 Å². The highest BCUT2D eigenvalue weighted by Crippen LogP contribution is 2.27. The molecule has 1 atom stereocenters. The number of hydrogen-bond donors (Lipinski definition) is 1. The Labute approximate surface area is 111 Å². The third kappa shape index (κ3) is 2.76. The van der Waals surface area contributed by atoms with Gasteiger partial charge in [0.2, 0.25) is 0 Å². The monoisotopic (exact) mass is 265 g/mol. The first kappa shape index (κ1) is 13.2. The van der Waals surface area contributed by atoms with Crippen molar-refractivity contribution in [3.05, 3.63) is 28.5 Å². The van der Waals surface area contributed by atoms with Gasteiger partial charge in [0.25, 0.3) is 0 Å². The molecule has 98 valence electrons. The van der Waals surface area contributed by atoms with Gasteiger partial charge < -0.3 is 5.32 Å². The van der Waals surface area contributed by atoms with Gasteiger partial charge in [-0.25, -0.2) is 0 Å². The van der Waals surface area contributed by atoms with Gasteiger partial charge in [-0.1, -0.05) is 24.8 Å². The summed E-state index contributed by atoms with van der Waals surface area (Å²) in [5.74, 6) is 0. The SMILES string of the molecule is CCCc1nnsc1C(NCC)c1cnn(C)c1. The molecule has 2 rings (SSSR count). The molecule has 2 aromatic heterocycles. The van der Waals surface area contributed by atoms with Crippen LogP contribution >= 0.6 is 11.5 Å². The molecule has 0 aliphatic heterocycles. The van der Waals surface area contributed by atoms with E-state index in [-0.39, 0.29) is 6.04 Å². The molecule has 1 unspecified atom stereocenters. The van der Waals surface area contributed by atoms with Gasteiger partial charge in [0.1, 0.15) is 0 Å². The Balaban J connectivity index is 2.31. The van der Waals surface area contributed by atoms with Gasteiger partial charge in [-0.15, -0.1) is 5.10 Å². The topological polar surface area (TPSA) is 55.6 Å². The van der Waals surface area contributed by atoms with Crippen LogP contribution in [0.5, 0.6) is 0 Å². The molecule has 18 heavy (non-hydrogen) atoms. The van der Waals surface area contributed by atoms with Crippen molar-refractivity contribution in [2.75, 3.05) is 6.54 Å². The van der Waals surface area contributed by atoms with E-state index in [9.17, 15) is 0 Å². The molecule has 0 spiro atoms. The Morgan fingerprint density at radius 3 is 2.89 bits per heavy atom. The van der Waals surface area contributed by atoms with E-state index in [1.54, 1.807) is 0 Å². The summed E-state index contributed by atoms with van der Waals surface area (Å²) in [6.07, 6.45) is 6.02. The Hall–Kier alpha value is -1.27. The summed E-state index contributed by atoms with van der Waals surface area (Å²) in [6, 6.07) is 0.158. The maximum Gasteiger partial charge on any atom is 0.0807 e. The summed E-state index contributed by atoms with van der Waals surface area (Å²) >= 11 is 1.48. The highest BCUT2D eigenvalue weighted by atomic mass is 32.1. The highest BCUT2D eigenvalue weighted by Gasteiger charge is 2.21. The van der Waals surface area contributed by atoms with Crippen LogP contribution in [-0.2, 0) is 13.5 Å². The zero-order valence-electron chi connectivity index (χ0n) is 11.1. The summed E-state index contributed by atoms with van der Waals surface area (Å²) in [4.78, 5) is 1.21. The smallest absolute Gasteiger partial charge is 0.0807 e. The minimum Gasteiger partial charge on any atom is -0.306 e. The molecule has 2 aromatic rings. The fourth-order valence-electron chi connectivity index (χ4n) is 2.00. The lowest BCUT2D eigenvalue weighted by atomic mass is 10.1. The van der Waals surface area contributed by atoms with E-state index in [2.05, 4.69) is 33.8 Å². The summed E-state index contributed by atoms with van der Waals surface area (Å²) in [7, 11) is 1.93. The predicted molar refractivity (Wildman–Crippen MR) is 72.6 cm³/mol. The van der Waals surface area contributed by atoms with Crippen LogP contribution in [0.25, 0.3) is 0 Å². The van der Waals surface area contributed by atoms with Crippen molar-refractivity contribution < 1.29 is 0 Å². The van der Waals surface area contributed by atoms with Crippen molar-refractivity contribution in [2.24, 2.45) is 7.05 Å². The molecule has 0 saturated carbocycles. The third-order valence-corrected chi connectivity index (χ3v) is 3.63. The molecule has 0 fully saturated rings. The maximum atomic E-state index is 4.25. The quantitative estimate of drug-likeness (QED) is 0.867. The summed E-state index contributed by atoms with van der Waals surface area (Å²) in [6.45, 7) is 5.18. The molecule has 2 heterocycles. The molecule has 0 aliphatic rings. The van der Waals surface area contributed by atoms with Gasteiger partial charge in [-0.3, -0.25) is 4.68 Å². The molecule has 0 amide bonds. The van der Waals surface area contributed by atoms with E-state index in [1.165, 1.54) is 22.0 Å². The van der Waals surface area contributed by atoms with E-state index in [1.807, 2.05) is 24.1 Å². The first-order valence-electron chi connectivity index (χ1n) is 6.29. The zero-order valence-corrected chi connectivity index (χ0v) is 11.9. The number of rotatable bonds is 6. The number of hydrogen-bond acceptors (Lipinski definition) is 5. The second-order valence-corrected chi connectivity index (χ2v) is 5.06.